The molecule has 0 aliphatic carbocycles. The Morgan fingerprint density at radius 2 is 0.600 bits per heavy atom. The Kier molecular flexibility index (Phi) is 9.84. The highest BCUT2D eigenvalue weighted by atomic mass is 16.8. The Bertz CT molecular complexity index is 1220. The Morgan fingerprint density at radius 1 is 0.360 bits per heavy atom. The number of ether oxygens (including phenoxy) is 6. The van der Waals surface area contributed by atoms with Crippen LogP contribution in [-0.4, -0.2) is 151 Å². The van der Waals surface area contributed by atoms with Crippen LogP contribution in [0.15, 0.2) is 0 Å². The van der Waals surface area contributed by atoms with Crippen molar-refractivity contribution in [3.05, 3.63) is 0 Å². The van der Waals surface area contributed by atoms with Gasteiger partial charge in [-0.3, -0.25) is 0 Å². The van der Waals surface area contributed by atoms with Crippen LogP contribution in [0.25, 0.3) is 0 Å². The van der Waals surface area contributed by atoms with Gasteiger partial charge in [-0.2, -0.15) is 0 Å². The van der Waals surface area contributed by atoms with Crippen molar-refractivity contribution >= 4 is 0 Å². The average Bonchev–Trinajstić information content (AvgIpc) is 2.96. The third-order valence-corrected chi connectivity index (χ3v) is 15.0. The number of rotatable bonds is 8. The molecule has 0 amide bonds. The minimum Gasteiger partial charge on any atom is -0.384 e. The van der Waals surface area contributed by atoms with Crippen LogP contribution in [0.1, 0.15) is 117 Å². The summed E-state index contributed by atoms with van der Waals surface area (Å²) in [6, 6.07) is 0. The van der Waals surface area contributed by atoms with Crippen LogP contribution < -0.4 is 0 Å². The predicted octanol–water partition coefficient (Wildman–Crippen LogP) is 0.350. The quantitative estimate of drug-likeness (QED) is 0.164. The van der Waals surface area contributed by atoms with Crippen LogP contribution in [0, 0.1) is 0 Å². The van der Waals surface area contributed by atoms with Crippen LogP contribution in [0.2, 0.25) is 0 Å². The minimum absolute atomic E-state index is 0.190. The van der Waals surface area contributed by atoms with E-state index in [1.165, 1.54) is 104 Å². The van der Waals surface area contributed by atoms with Gasteiger partial charge in [0.2, 0.25) is 0 Å². The Morgan fingerprint density at radius 3 is 0.880 bits per heavy atom. The van der Waals surface area contributed by atoms with Crippen molar-refractivity contribution in [2.75, 3.05) is 20.3 Å². The molecule has 0 saturated carbocycles. The molecule has 0 spiro atoms. The summed E-state index contributed by atoms with van der Waals surface area (Å²) in [6.45, 7) is 20.0. The molecule has 0 aromatic heterocycles. The molecular weight excluding hydrogens is 660 g/mol. The zero-order chi connectivity index (χ0) is 39.9. The molecule has 15 heteroatoms. The van der Waals surface area contributed by atoms with E-state index in [0.717, 1.165) is 0 Å². The van der Waals surface area contributed by atoms with E-state index in [4.69, 9.17) is 28.4 Å². The molecule has 9 N–H and O–H groups in total. The summed E-state index contributed by atoms with van der Waals surface area (Å²) >= 11 is 0. The zero-order valence-corrected chi connectivity index (χ0v) is 33.1. The fraction of sp³-hybridized carbons (Fsp3) is 1.00. The maximum atomic E-state index is 12.0. The molecular formula is C35H66O15. The first-order valence-electron chi connectivity index (χ1n) is 17.1. The highest BCUT2D eigenvalue weighted by Crippen LogP contribution is 2.59. The van der Waals surface area contributed by atoms with Gasteiger partial charge in [-0.1, -0.05) is 6.92 Å². The lowest BCUT2D eigenvalue weighted by Gasteiger charge is -2.68. The van der Waals surface area contributed by atoms with Gasteiger partial charge < -0.3 is 74.4 Å². The molecule has 6 unspecified atom stereocenters. The second-order valence-corrected chi connectivity index (χ2v) is 17.6. The Hall–Kier alpha value is -0.600. The Balaban J connectivity index is 2.10. The van der Waals surface area contributed by atoms with Gasteiger partial charge in [-0.15, -0.1) is 0 Å². The molecule has 50 heavy (non-hydrogen) atoms. The van der Waals surface area contributed by atoms with Crippen molar-refractivity contribution in [1.82, 2.24) is 0 Å². The summed E-state index contributed by atoms with van der Waals surface area (Å²) in [4.78, 5) is 0. The molecule has 3 heterocycles. The summed E-state index contributed by atoms with van der Waals surface area (Å²) in [5.74, 6) is -6.21. The fourth-order valence-electron chi connectivity index (χ4n) is 8.07. The summed E-state index contributed by atoms with van der Waals surface area (Å²) < 4.78 is 37.0. The number of hydrogen-bond donors (Lipinski definition) is 9. The van der Waals surface area contributed by atoms with Gasteiger partial charge in [0.25, 0.3) is 0 Å². The van der Waals surface area contributed by atoms with Crippen molar-refractivity contribution in [2.24, 2.45) is 0 Å². The highest BCUT2D eigenvalue weighted by Gasteiger charge is 2.79. The normalized spacial score (nSPS) is 62.0. The minimum atomic E-state index is -2.44. The number of hydrogen-bond acceptors (Lipinski definition) is 15. The van der Waals surface area contributed by atoms with Crippen molar-refractivity contribution in [3.8, 4) is 0 Å². The van der Waals surface area contributed by atoms with E-state index in [-0.39, 0.29) is 6.42 Å². The fourth-order valence-corrected chi connectivity index (χ4v) is 8.07. The lowest BCUT2D eigenvalue weighted by molar-refractivity contribution is -0.492. The topological polar surface area (TPSA) is 237 Å². The van der Waals surface area contributed by atoms with Crippen molar-refractivity contribution in [1.29, 1.82) is 0 Å². The van der Waals surface area contributed by atoms with Gasteiger partial charge in [0.15, 0.2) is 17.4 Å². The molecule has 296 valence electrons. The van der Waals surface area contributed by atoms with Crippen molar-refractivity contribution in [3.63, 3.8) is 0 Å². The molecule has 3 rings (SSSR count). The first kappa shape index (κ1) is 43.8. The summed E-state index contributed by atoms with van der Waals surface area (Å²) in [6.07, 6.45) is 0.190. The standard InChI is InChI=1S/C35H66O15/c1-18-21(2)24(5,36)27(8,39)31(12,43)34(15,48-21)46-20-23(4)26(7,38)29(10,41)32(13,44)35(16,50-23)47-19-22(3)25(6,37)28(9,40)30(11,42)33(14,45-17)49-22/h36-44H,18-20H2,1-17H3/t21?,22?,23?,24-,25-,26-,27-,28-,29-,30?,31?,32?,33-,34-,35-/m0/s1. The molecule has 3 aliphatic rings. The smallest absolute Gasteiger partial charge is 0.198 e. The molecule has 0 radical (unpaired) electrons. The second kappa shape index (κ2) is 11.2. The van der Waals surface area contributed by atoms with E-state index >= 15 is 0 Å². The average molecular weight is 727 g/mol. The predicted molar refractivity (Wildman–Crippen MR) is 179 cm³/mol. The molecule has 3 saturated heterocycles. The molecule has 15 nitrogen and oxygen atoms in total. The first-order chi connectivity index (χ1) is 21.7. The summed E-state index contributed by atoms with van der Waals surface area (Å²) in [5.41, 5.74) is -25.7. The van der Waals surface area contributed by atoms with Gasteiger partial charge >= 0.3 is 0 Å². The van der Waals surface area contributed by atoms with Gasteiger partial charge in [0.1, 0.15) is 61.6 Å². The molecule has 3 fully saturated rings. The maximum Gasteiger partial charge on any atom is 0.198 e. The van der Waals surface area contributed by atoms with Gasteiger partial charge in [-0.25, -0.2) is 0 Å². The zero-order valence-electron chi connectivity index (χ0n) is 33.1. The van der Waals surface area contributed by atoms with Crippen LogP contribution >= 0.6 is 0 Å². The third kappa shape index (κ3) is 4.83. The lowest BCUT2D eigenvalue weighted by Crippen LogP contribution is -2.87. The largest absolute Gasteiger partial charge is 0.384 e. The molecule has 0 aromatic rings. The van der Waals surface area contributed by atoms with E-state index in [0.29, 0.717) is 0 Å². The Labute approximate surface area is 296 Å². The van der Waals surface area contributed by atoms with E-state index in [2.05, 4.69) is 0 Å². The van der Waals surface area contributed by atoms with E-state index < -0.39 is 97.8 Å². The molecule has 15 atom stereocenters. The van der Waals surface area contributed by atoms with E-state index in [1.807, 2.05) is 0 Å². The monoisotopic (exact) mass is 726 g/mol. The van der Waals surface area contributed by atoms with Crippen LogP contribution in [-0.2, 0) is 28.4 Å². The molecule has 3 aliphatic heterocycles. The van der Waals surface area contributed by atoms with E-state index in [9.17, 15) is 46.0 Å². The highest BCUT2D eigenvalue weighted by molar-refractivity contribution is 5.25. The van der Waals surface area contributed by atoms with E-state index in [1.54, 1.807) is 13.8 Å². The number of methoxy groups -OCH3 is 1. The summed E-state index contributed by atoms with van der Waals surface area (Å²) in [7, 11) is 1.25. The van der Waals surface area contributed by atoms with Crippen LogP contribution in [0.4, 0.5) is 0 Å². The maximum absolute atomic E-state index is 12.0. The van der Waals surface area contributed by atoms with Crippen molar-refractivity contribution < 1.29 is 74.4 Å². The molecule has 0 bridgehead atoms. The van der Waals surface area contributed by atoms with Crippen LogP contribution in [0.5, 0.6) is 0 Å². The van der Waals surface area contributed by atoms with Crippen LogP contribution in [0.3, 0.4) is 0 Å². The second-order valence-electron chi connectivity index (χ2n) is 17.6. The third-order valence-electron chi connectivity index (χ3n) is 15.0. The van der Waals surface area contributed by atoms with Gasteiger partial charge in [-0.05, 0) is 110 Å². The molecule has 0 aromatic carbocycles. The lowest BCUT2D eigenvalue weighted by atomic mass is 9.60. The van der Waals surface area contributed by atoms with Gasteiger partial charge in [0.05, 0.1) is 18.8 Å². The van der Waals surface area contributed by atoms with Gasteiger partial charge in [0, 0.05) is 7.11 Å². The SMILES string of the molecule is CCC1(C)O[C@](C)(OCC2(C)O[C@](C)(OCC3(C)O[C@](C)(OC)C(C)(O)[C@@](C)(O)[C@@]3(C)O)C(C)(O)[C@@](C)(O)[C@@]2(C)O)C(C)(O)[C@@](C)(O)[C@@]1(C)O. The first-order valence-corrected chi connectivity index (χ1v) is 17.1. The summed E-state index contributed by atoms with van der Waals surface area (Å²) in [5, 5.41) is 106. The van der Waals surface area contributed by atoms with Crippen molar-refractivity contribution in [2.45, 2.75) is 202 Å². The number of aliphatic hydroxyl groups is 9.